The van der Waals surface area contributed by atoms with Crippen LogP contribution in [0.1, 0.15) is 41.3 Å². The lowest BCUT2D eigenvalue weighted by molar-refractivity contribution is 0.0786. The van der Waals surface area contributed by atoms with E-state index in [-0.39, 0.29) is 5.91 Å². The molecule has 0 bridgehead atoms. The summed E-state index contributed by atoms with van der Waals surface area (Å²) < 4.78 is 0. The van der Waals surface area contributed by atoms with E-state index in [4.69, 9.17) is 0 Å². The summed E-state index contributed by atoms with van der Waals surface area (Å²) >= 11 is 0. The standard InChI is InChI=1S/C22H26N2O2/c1-22(2,26)17-6-4-5-14(9-17)15-7-8-18-19(10-15)21(25)23-11-16-12-24(3)13-20(16)18/h4-10,16,20,26H,11-13H2,1-3H3,(H,23,25). The number of nitrogens with one attached hydrogen (secondary N) is 1. The largest absolute Gasteiger partial charge is 0.386 e. The molecule has 0 aromatic heterocycles. The predicted molar refractivity (Wildman–Crippen MR) is 103 cm³/mol. The van der Waals surface area contributed by atoms with E-state index in [1.807, 2.05) is 30.3 Å². The molecule has 0 spiro atoms. The fraction of sp³-hybridized carbons (Fsp3) is 0.409. The van der Waals surface area contributed by atoms with Gasteiger partial charge in [-0.2, -0.15) is 0 Å². The number of benzene rings is 2. The van der Waals surface area contributed by atoms with Crippen LogP contribution in [0.3, 0.4) is 0 Å². The Bertz CT molecular complexity index is 853. The van der Waals surface area contributed by atoms with Crippen LogP contribution in [-0.2, 0) is 5.60 Å². The number of carbonyl (C=O) groups is 1. The Morgan fingerprint density at radius 3 is 2.65 bits per heavy atom. The van der Waals surface area contributed by atoms with Crippen molar-refractivity contribution in [2.45, 2.75) is 25.4 Å². The van der Waals surface area contributed by atoms with Gasteiger partial charge in [-0.15, -0.1) is 0 Å². The predicted octanol–water partition coefficient (Wildman–Crippen LogP) is 2.97. The number of amides is 1. The minimum atomic E-state index is -0.888. The number of aliphatic hydroxyl groups is 1. The highest BCUT2D eigenvalue weighted by atomic mass is 16.3. The molecule has 4 rings (SSSR count). The SMILES string of the molecule is CN1CC2CNC(=O)c3cc(-c4cccc(C(C)(C)O)c4)ccc3C2C1. The number of fused-ring (bicyclic) bond motifs is 3. The smallest absolute Gasteiger partial charge is 0.251 e. The Morgan fingerprint density at radius 1 is 1.12 bits per heavy atom. The second kappa shape index (κ2) is 6.22. The molecular formula is C22H26N2O2. The lowest BCUT2D eigenvalue weighted by Gasteiger charge is -2.19. The van der Waals surface area contributed by atoms with Crippen LogP contribution >= 0.6 is 0 Å². The fourth-order valence-electron chi connectivity index (χ4n) is 4.30. The summed E-state index contributed by atoms with van der Waals surface area (Å²) in [7, 11) is 2.15. The van der Waals surface area contributed by atoms with E-state index < -0.39 is 5.60 Å². The Balaban J connectivity index is 1.77. The van der Waals surface area contributed by atoms with Crippen molar-refractivity contribution in [3.8, 4) is 11.1 Å². The average Bonchev–Trinajstić information content (AvgIpc) is 2.93. The molecule has 0 radical (unpaired) electrons. The molecule has 2 aliphatic rings. The van der Waals surface area contributed by atoms with Crippen LogP contribution in [0.5, 0.6) is 0 Å². The number of likely N-dealkylation sites (tertiary alicyclic amines) is 1. The average molecular weight is 350 g/mol. The van der Waals surface area contributed by atoms with Gasteiger partial charge in [-0.05, 0) is 61.2 Å². The highest BCUT2D eigenvalue weighted by molar-refractivity contribution is 5.97. The van der Waals surface area contributed by atoms with E-state index >= 15 is 0 Å². The number of hydrogen-bond donors (Lipinski definition) is 2. The molecule has 136 valence electrons. The van der Waals surface area contributed by atoms with Gasteiger partial charge in [0, 0.05) is 31.1 Å². The highest BCUT2D eigenvalue weighted by Crippen LogP contribution is 2.37. The van der Waals surface area contributed by atoms with E-state index in [9.17, 15) is 9.90 Å². The normalized spacial score (nSPS) is 23.2. The molecule has 1 amide bonds. The third kappa shape index (κ3) is 3.04. The molecular weight excluding hydrogens is 324 g/mol. The van der Waals surface area contributed by atoms with Gasteiger partial charge in [-0.3, -0.25) is 4.79 Å². The lowest BCUT2D eigenvalue weighted by Crippen LogP contribution is -2.29. The maximum Gasteiger partial charge on any atom is 0.251 e. The third-order valence-corrected chi connectivity index (χ3v) is 5.75. The molecule has 2 aliphatic heterocycles. The lowest BCUT2D eigenvalue weighted by atomic mass is 9.85. The maximum absolute atomic E-state index is 12.7. The molecule has 26 heavy (non-hydrogen) atoms. The third-order valence-electron chi connectivity index (χ3n) is 5.75. The minimum Gasteiger partial charge on any atom is -0.386 e. The summed E-state index contributed by atoms with van der Waals surface area (Å²) in [5.41, 5.74) is 3.96. The summed E-state index contributed by atoms with van der Waals surface area (Å²) in [5, 5.41) is 13.4. The first-order valence-corrected chi connectivity index (χ1v) is 9.27. The first-order valence-electron chi connectivity index (χ1n) is 9.27. The van der Waals surface area contributed by atoms with Gasteiger partial charge >= 0.3 is 0 Å². The minimum absolute atomic E-state index is 0.0255. The van der Waals surface area contributed by atoms with Crippen molar-refractivity contribution in [1.82, 2.24) is 10.2 Å². The first-order chi connectivity index (χ1) is 12.3. The molecule has 2 N–H and O–H groups in total. The van der Waals surface area contributed by atoms with Crippen molar-refractivity contribution < 1.29 is 9.90 Å². The first kappa shape index (κ1) is 17.3. The second-order valence-corrected chi connectivity index (χ2v) is 8.24. The Labute approximate surface area is 154 Å². The van der Waals surface area contributed by atoms with Crippen LogP contribution < -0.4 is 5.32 Å². The molecule has 2 aromatic carbocycles. The molecule has 4 nitrogen and oxygen atoms in total. The zero-order chi connectivity index (χ0) is 18.5. The van der Waals surface area contributed by atoms with Crippen LogP contribution in [0.4, 0.5) is 0 Å². The van der Waals surface area contributed by atoms with Gasteiger partial charge in [0.15, 0.2) is 0 Å². The zero-order valence-corrected chi connectivity index (χ0v) is 15.6. The Kier molecular flexibility index (Phi) is 4.13. The van der Waals surface area contributed by atoms with Crippen molar-refractivity contribution in [3.63, 3.8) is 0 Å². The molecule has 0 saturated carbocycles. The molecule has 2 heterocycles. The molecule has 0 aliphatic carbocycles. The van der Waals surface area contributed by atoms with Crippen LogP contribution in [0.2, 0.25) is 0 Å². The van der Waals surface area contributed by atoms with Gasteiger partial charge in [0.25, 0.3) is 5.91 Å². The van der Waals surface area contributed by atoms with Gasteiger partial charge in [0.1, 0.15) is 0 Å². The van der Waals surface area contributed by atoms with Gasteiger partial charge < -0.3 is 15.3 Å². The number of likely N-dealkylation sites (N-methyl/N-ethyl adjacent to an activating group) is 1. The van der Waals surface area contributed by atoms with Gasteiger partial charge in [0.05, 0.1) is 5.60 Å². The van der Waals surface area contributed by atoms with E-state index in [1.54, 1.807) is 13.8 Å². The number of carbonyl (C=O) groups excluding carboxylic acids is 1. The van der Waals surface area contributed by atoms with E-state index in [2.05, 4.69) is 29.4 Å². The second-order valence-electron chi connectivity index (χ2n) is 8.24. The molecule has 4 heteroatoms. The van der Waals surface area contributed by atoms with Gasteiger partial charge in [0.2, 0.25) is 0 Å². The molecule has 2 atom stereocenters. The Hall–Kier alpha value is -2.17. The van der Waals surface area contributed by atoms with E-state index in [1.165, 1.54) is 0 Å². The van der Waals surface area contributed by atoms with Gasteiger partial charge in [-0.1, -0.05) is 30.3 Å². The fourth-order valence-corrected chi connectivity index (χ4v) is 4.30. The van der Waals surface area contributed by atoms with Crippen LogP contribution in [-0.4, -0.2) is 42.6 Å². The number of rotatable bonds is 2. The zero-order valence-electron chi connectivity index (χ0n) is 15.6. The van der Waals surface area contributed by atoms with E-state index in [0.29, 0.717) is 11.8 Å². The van der Waals surface area contributed by atoms with Gasteiger partial charge in [-0.25, -0.2) is 0 Å². The van der Waals surface area contributed by atoms with Crippen LogP contribution in [0.15, 0.2) is 42.5 Å². The Morgan fingerprint density at radius 2 is 1.88 bits per heavy atom. The topological polar surface area (TPSA) is 52.6 Å². The quantitative estimate of drug-likeness (QED) is 0.875. The van der Waals surface area contributed by atoms with Crippen molar-refractivity contribution in [2.75, 3.05) is 26.7 Å². The highest BCUT2D eigenvalue weighted by Gasteiger charge is 2.36. The summed E-state index contributed by atoms with van der Waals surface area (Å²) in [4.78, 5) is 15.0. The number of nitrogens with zero attached hydrogens (tertiary/aromatic N) is 1. The molecule has 2 unspecified atom stereocenters. The summed E-state index contributed by atoms with van der Waals surface area (Å²) in [5.74, 6) is 0.915. The maximum atomic E-state index is 12.7. The van der Waals surface area contributed by atoms with Crippen molar-refractivity contribution in [2.24, 2.45) is 5.92 Å². The van der Waals surface area contributed by atoms with Crippen LogP contribution in [0.25, 0.3) is 11.1 Å². The van der Waals surface area contributed by atoms with Crippen LogP contribution in [0, 0.1) is 5.92 Å². The molecule has 1 saturated heterocycles. The summed E-state index contributed by atoms with van der Waals surface area (Å²) in [6, 6.07) is 14.2. The van der Waals surface area contributed by atoms with Crippen molar-refractivity contribution >= 4 is 5.91 Å². The van der Waals surface area contributed by atoms with Crippen molar-refractivity contribution in [1.29, 1.82) is 0 Å². The molecule has 1 fully saturated rings. The molecule has 2 aromatic rings. The number of hydrogen-bond acceptors (Lipinski definition) is 3. The van der Waals surface area contributed by atoms with Crippen molar-refractivity contribution in [3.05, 3.63) is 59.2 Å². The monoisotopic (exact) mass is 350 g/mol. The van der Waals surface area contributed by atoms with E-state index in [0.717, 1.165) is 47.5 Å². The summed E-state index contributed by atoms with van der Waals surface area (Å²) in [6.45, 7) is 6.34. The summed E-state index contributed by atoms with van der Waals surface area (Å²) in [6.07, 6.45) is 0.